The number of hydrogen-bond acceptors (Lipinski definition) is 5. The highest BCUT2D eigenvalue weighted by Crippen LogP contribution is 2.56. The van der Waals surface area contributed by atoms with Crippen LogP contribution in [-0.2, 0) is 10.3 Å². The summed E-state index contributed by atoms with van der Waals surface area (Å²) in [6.45, 7) is 6.02. The number of rotatable bonds is 3. The van der Waals surface area contributed by atoms with E-state index in [2.05, 4.69) is 24.8 Å². The second-order valence-corrected chi connectivity index (χ2v) is 7.33. The lowest BCUT2D eigenvalue weighted by Gasteiger charge is -2.37. The molecule has 1 unspecified atom stereocenters. The molecule has 0 bridgehead atoms. The lowest BCUT2D eigenvalue weighted by atomic mass is 9.77. The Bertz CT molecular complexity index is 1140. The van der Waals surface area contributed by atoms with Crippen molar-refractivity contribution in [1.82, 2.24) is 0 Å². The van der Waals surface area contributed by atoms with Gasteiger partial charge in [-0.05, 0) is 44.2 Å². The van der Waals surface area contributed by atoms with Crippen molar-refractivity contribution in [2.24, 2.45) is 0 Å². The quantitative estimate of drug-likeness (QED) is 0.523. The zero-order valence-electron chi connectivity index (χ0n) is 16.4. The van der Waals surface area contributed by atoms with Gasteiger partial charge in [0.15, 0.2) is 5.60 Å². The Labute approximate surface area is 169 Å². The van der Waals surface area contributed by atoms with E-state index in [4.69, 9.17) is 15.2 Å². The van der Waals surface area contributed by atoms with Gasteiger partial charge in [-0.15, -0.1) is 0 Å². The summed E-state index contributed by atoms with van der Waals surface area (Å²) in [7, 11) is 0. The van der Waals surface area contributed by atoms with Crippen molar-refractivity contribution in [3.05, 3.63) is 82.9 Å². The second-order valence-electron chi connectivity index (χ2n) is 7.33. The Kier molecular flexibility index (Phi) is 3.81. The van der Waals surface area contributed by atoms with Crippen LogP contribution >= 0.6 is 0 Å². The minimum Gasteiger partial charge on any atom is -0.456 e. The van der Waals surface area contributed by atoms with Crippen LogP contribution in [0.1, 0.15) is 40.9 Å². The van der Waals surface area contributed by atoms with E-state index in [0.29, 0.717) is 22.7 Å². The number of ether oxygens (including phenoxy) is 2. The Hall–Kier alpha value is -3.47. The molecule has 3 aromatic carbocycles. The molecule has 2 aliphatic heterocycles. The van der Waals surface area contributed by atoms with Gasteiger partial charge in [-0.25, -0.2) is 4.79 Å². The fourth-order valence-electron chi connectivity index (χ4n) is 4.47. The summed E-state index contributed by atoms with van der Waals surface area (Å²) in [4.78, 5) is 15.0. The molecular formula is C24H22N2O3. The first-order chi connectivity index (χ1) is 14.1. The number of hydrogen-bond donors (Lipinski definition) is 1. The van der Waals surface area contributed by atoms with Crippen molar-refractivity contribution in [2.45, 2.75) is 19.4 Å². The van der Waals surface area contributed by atoms with E-state index in [1.54, 1.807) is 6.07 Å². The first-order valence-corrected chi connectivity index (χ1v) is 9.88. The molecule has 0 radical (unpaired) electrons. The lowest BCUT2D eigenvalue weighted by Crippen LogP contribution is -2.33. The molecule has 0 saturated heterocycles. The number of nitrogens with zero attached hydrogens (tertiary/aromatic N) is 1. The average Bonchev–Trinajstić information content (AvgIpc) is 3.02. The fraction of sp³-hybridized carbons (Fsp3) is 0.208. The van der Waals surface area contributed by atoms with E-state index < -0.39 is 5.60 Å². The number of esters is 1. The Balaban J connectivity index is 1.80. The molecule has 1 spiro atoms. The van der Waals surface area contributed by atoms with Gasteiger partial charge in [0.05, 0.1) is 5.56 Å². The Morgan fingerprint density at radius 1 is 0.897 bits per heavy atom. The maximum Gasteiger partial charge on any atom is 0.340 e. The molecule has 1 atom stereocenters. The molecule has 29 heavy (non-hydrogen) atoms. The summed E-state index contributed by atoms with van der Waals surface area (Å²) in [5, 5.41) is 0. The van der Waals surface area contributed by atoms with Crippen LogP contribution in [0.3, 0.4) is 0 Å². The van der Waals surface area contributed by atoms with Gasteiger partial charge < -0.3 is 20.1 Å². The van der Waals surface area contributed by atoms with Crippen LogP contribution in [0, 0.1) is 0 Å². The molecule has 2 heterocycles. The van der Waals surface area contributed by atoms with Gasteiger partial charge in [0.25, 0.3) is 0 Å². The van der Waals surface area contributed by atoms with E-state index in [9.17, 15) is 4.79 Å². The molecule has 5 nitrogen and oxygen atoms in total. The van der Waals surface area contributed by atoms with E-state index in [1.807, 2.05) is 48.5 Å². The number of benzene rings is 3. The van der Waals surface area contributed by atoms with Crippen LogP contribution in [0.5, 0.6) is 11.5 Å². The molecule has 2 N–H and O–H groups in total. The summed E-state index contributed by atoms with van der Waals surface area (Å²) in [6, 6.07) is 19.1. The molecule has 0 saturated carbocycles. The van der Waals surface area contributed by atoms with Crippen molar-refractivity contribution in [3.63, 3.8) is 0 Å². The van der Waals surface area contributed by atoms with E-state index in [0.717, 1.165) is 35.5 Å². The van der Waals surface area contributed by atoms with Crippen LogP contribution < -0.4 is 15.4 Å². The molecule has 0 fully saturated rings. The number of anilines is 2. The molecule has 146 valence electrons. The molecule has 5 heteroatoms. The normalized spacial score (nSPS) is 18.5. The van der Waals surface area contributed by atoms with Gasteiger partial charge in [0, 0.05) is 53.3 Å². The zero-order valence-corrected chi connectivity index (χ0v) is 16.4. The lowest BCUT2D eigenvalue weighted by molar-refractivity contribution is 0.0224. The number of nitrogens with two attached hydrogens (primary N) is 1. The third-order valence-corrected chi connectivity index (χ3v) is 5.85. The maximum atomic E-state index is 12.8. The molecule has 2 aliphatic rings. The van der Waals surface area contributed by atoms with Crippen LogP contribution in [0.4, 0.5) is 11.4 Å². The van der Waals surface area contributed by atoms with Crippen molar-refractivity contribution in [1.29, 1.82) is 0 Å². The summed E-state index contributed by atoms with van der Waals surface area (Å²) in [5.74, 6) is 0.958. The van der Waals surface area contributed by atoms with Crippen molar-refractivity contribution in [2.75, 3.05) is 23.7 Å². The standard InChI is InChI=1S/C24H22N2O3/c1-3-26(4-2)16-10-12-20-22(14-16)28-21-13-15(25)9-11-19(21)24(20)18-8-6-5-7-17(18)23(27)29-24/h5-14H,3-4,25H2,1-2H3. The third kappa shape index (κ3) is 2.37. The van der Waals surface area contributed by atoms with E-state index >= 15 is 0 Å². The van der Waals surface area contributed by atoms with E-state index in [1.165, 1.54) is 0 Å². The monoisotopic (exact) mass is 386 g/mol. The van der Waals surface area contributed by atoms with Gasteiger partial charge in [-0.2, -0.15) is 0 Å². The van der Waals surface area contributed by atoms with Crippen molar-refractivity contribution in [3.8, 4) is 11.5 Å². The first-order valence-electron chi connectivity index (χ1n) is 9.88. The topological polar surface area (TPSA) is 64.8 Å². The van der Waals surface area contributed by atoms with Gasteiger partial charge in [-0.3, -0.25) is 0 Å². The summed E-state index contributed by atoms with van der Waals surface area (Å²) in [6.07, 6.45) is 0. The molecule has 0 aliphatic carbocycles. The van der Waals surface area contributed by atoms with Crippen LogP contribution in [-0.4, -0.2) is 19.1 Å². The predicted octanol–water partition coefficient (Wildman–Crippen LogP) is 4.68. The Morgan fingerprint density at radius 2 is 1.59 bits per heavy atom. The van der Waals surface area contributed by atoms with Crippen LogP contribution in [0.2, 0.25) is 0 Å². The number of nitrogen functional groups attached to an aromatic ring is 1. The molecule has 0 amide bonds. The van der Waals surface area contributed by atoms with Gasteiger partial charge in [-0.1, -0.05) is 18.2 Å². The van der Waals surface area contributed by atoms with Crippen molar-refractivity contribution < 1.29 is 14.3 Å². The highest BCUT2D eigenvalue weighted by molar-refractivity contribution is 5.97. The number of carbonyl (C=O) groups excluding carboxylic acids is 1. The van der Waals surface area contributed by atoms with E-state index in [-0.39, 0.29) is 5.97 Å². The van der Waals surface area contributed by atoms with Crippen LogP contribution in [0.15, 0.2) is 60.7 Å². The summed E-state index contributed by atoms with van der Waals surface area (Å²) in [5.41, 5.74) is 9.68. The molecule has 0 aromatic heterocycles. The van der Waals surface area contributed by atoms with Gasteiger partial charge in [0.2, 0.25) is 0 Å². The van der Waals surface area contributed by atoms with Gasteiger partial charge in [0.1, 0.15) is 11.5 Å². The molecule has 3 aromatic rings. The smallest absolute Gasteiger partial charge is 0.340 e. The second kappa shape index (κ2) is 6.27. The zero-order chi connectivity index (χ0) is 20.2. The average molecular weight is 386 g/mol. The third-order valence-electron chi connectivity index (χ3n) is 5.85. The van der Waals surface area contributed by atoms with Crippen LogP contribution in [0.25, 0.3) is 0 Å². The maximum absolute atomic E-state index is 12.8. The predicted molar refractivity (Wildman–Crippen MR) is 113 cm³/mol. The van der Waals surface area contributed by atoms with Crippen molar-refractivity contribution >= 4 is 17.3 Å². The molecular weight excluding hydrogens is 364 g/mol. The largest absolute Gasteiger partial charge is 0.456 e. The fourth-order valence-corrected chi connectivity index (χ4v) is 4.47. The number of fused-ring (bicyclic) bond motifs is 6. The number of carbonyl (C=O) groups is 1. The first kappa shape index (κ1) is 17.6. The molecule has 5 rings (SSSR count). The minimum absolute atomic E-state index is 0.330. The summed E-state index contributed by atoms with van der Waals surface area (Å²) >= 11 is 0. The SMILES string of the molecule is CCN(CC)c1ccc2c(c1)Oc1cc(N)ccc1C21OC(=O)c2ccccc21. The highest BCUT2D eigenvalue weighted by Gasteiger charge is 2.53. The summed E-state index contributed by atoms with van der Waals surface area (Å²) < 4.78 is 12.4. The van der Waals surface area contributed by atoms with Gasteiger partial charge >= 0.3 is 5.97 Å². The highest BCUT2D eigenvalue weighted by atomic mass is 16.6. The Morgan fingerprint density at radius 3 is 2.34 bits per heavy atom. The minimum atomic E-state index is -1.04.